The minimum Gasteiger partial charge on any atom is -0.368 e. The molecule has 0 saturated heterocycles. The Kier molecular flexibility index (Phi) is 4.96. The minimum absolute atomic E-state index is 0.301. The number of carbonyl (C=O) groups is 1. The fraction of sp³-hybridized carbons (Fsp3) is 0.583. The molecule has 90 valence electrons. The number of nitrogens with two attached hydrogens (primary N) is 1. The van der Waals surface area contributed by atoms with Crippen molar-refractivity contribution in [2.75, 3.05) is 6.54 Å². The van der Waals surface area contributed by atoms with Crippen LogP contribution in [0.3, 0.4) is 0 Å². The molecule has 4 heteroatoms. The van der Waals surface area contributed by atoms with Gasteiger partial charge in [-0.05, 0) is 31.0 Å². The molecule has 3 N–H and O–H groups in total. The van der Waals surface area contributed by atoms with Crippen LogP contribution in [0.1, 0.15) is 36.6 Å². The molecule has 16 heavy (non-hydrogen) atoms. The van der Waals surface area contributed by atoms with Gasteiger partial charge < -0.3 is 11.1 Å². The van der Waals surface area contributed by atoms with Crippen molar-refractivity contribution in [2.45, 2.75) is 33.2 Å². The molecule has 0 saturated carbocycles. The molecule has 0 aliphatic rings. The van der Waals surface area contributed by atoms with Crippen molar-refractivity contribution >= 4 is 17.2 Å². The first-order chi connectivity index (χ1) is 7.54. The van der Waals surface area contributed by atoms with Crippen LogP contribution in [0.25, 0.3) is 0 Å². The topological polar surface area (TPSA) is 55.1 Å². The molecule has 0 fully saturated rings. The molecular weight excluding hydrogens is 220 g/mol. The Morgan fingerprint density at radius 3 is 2.62 bits per heavy atom. The van der Waals surface area contributed by atoms with E-state index in [1.54, 1.807) is 11.3 Å². The van der Waals surface area contributed by atoms with E-state index in [0.717, 1.165) is 17.8 Å². The number of rotatable bonds is 6. The second-order valence-corrected chi connectivity index (χ2v) is 5.50. The third kappa shape index (κ3) is 3.61. The van der Waals surface area contributed by atoms with E-state index >= 15 is 0 Å². The monoisotopic (exact) mass is 240 g/mol. The highest BCUT2D eigenvalue weighted by Crippen LogP contribution is 2.23. The van der Waals surface area contributed by atoms with Crippen LogP contribution in [0.5, 0.6) is 0 Å². The lowest BCUT2D eigenvalue weighted by Gasteiger charge is -2.15. The molecule has 1 heterocycles. The molecule has 1 aromatic rings. The molecule has 0 aliphatic carbocycles. The van der Waals surface area contributed by atoms with Crippen LogP contribution in [0, 0.1) is 5.92 Å². The van der Waals surface area contributed by atoms with Gasteiger partial charge in [-0.25, -0.2) is 0 Å². The molecule has 0 aliphatic heterocycles. The van der Waals surface area contributed by atoms with Crippen LogP contribution in [0.4, 0.5) is 0 Å². The first-order valence-electron chi connectivity index (χ1n) is 5.65. The van der Waals surface area contributed by atoms with Crippen LogP contribution in [0.2, 0.25) is 0 Å². The predicted octanol–water partition coefficient (Wildman–Crippen LogP) is 2.08. The number of aryl methyl sites for hydroxylation is 1. The van der Waals surface area contributed by atoms with E-state index in [4.69, 9.17) is 5.73 Å². The first kappa shape index (κ1) is 13.2. The summed E-state index contributed by atoms with van der Waals surface area (Å²) in [5.74, 6) is 0.206. The summed E-state index contributed by atoms with van der Waals surface area (Å²) < 4.78 is 0. The third-order valence-corrected chi connectivity index (χ3v) is 3.62. The van der Waals surface area contributed by atoms with Gasteiger partial charge in [0.15, 0.2) is 0 Å². The number of carbonyl (C=O) groups excluding carboxylic acids is 1. The van der Waals surface area contributed by atoms with Crippen LogP contribution in [-0.2, 0) is 11.2 Å². The van der Waals surface area contributed by atoms with Crippen molar-refractivity contribution in [2.24, 2.45) is 11.7 Å². The lowest BCUT2D eigenvalue weighted by Crippen LogP contribution is -2.35. The highest BCUT2D eigenvalue weighted by molar-refractivity contribution is 7.12. The molecular formula is C12H20N2OS. The van der Waals surface area contributed by atoms with Gasteiger partial charge in [-0.3, -0.25) is 4.79 Å². The average molecular weight is 240 g/mol. The van der Waals surface area contributed by atoms with E-state index in [2.05, 4.69) is 32.2 Å². The maximum absolute atomic E-state index is 11.4. The lowest BCUT2D eigenvalue weighted by molar-refractivity contribution is -0.120. The van der Waals surface area contributed by atoms with Gasteiger partial charge in [0.1, 0.15) is 6.04 Å². The normalized spacial score (nSPS) is 13.0. The summed E-state index contributed by atoms with van der Waals surface area (Å²) in [6.45, 7) is 7.12. The van der Waals surface area contributed by atoms with E-state index in [0.29, 0.717) is 5.92 Å². The van der Waals surface area contributed by atoms with Crippen LogP contribution in [0.15, 0.2) is 12.1 Å². The summed E-state index contributed by atoms with van der Waals surface area (Å²) in [6.07, 6.45) is 1.00. The van der Waals surface area contributed by atoms with Gasteiger partial charge in [0.05, 0.1) is 0 Å². The largest absolute Gasteiger partial charge is 0.368 e. The number of primary amides is 1. The second kappa shape index (κ2) is 6.01. The molecule has 3 nitrogen and oxygen atoms in total. The van der Waals surface area contributed by atoms with Gasteiger partial charge in [-0.15, -0.1) is 11.3 Å². The van der Waals surface area contributed by atoms with E-state index in [-0.39, 0.29) is 11.9 Å². The van der Waals surface area contributed by atoms with Crippen molar-refractivity contribution in [3.63, 3.8) is 0 Å². The summed E-state index contributed by atoms with van der Waals surface area (Å²) in [5, 5.41) is 3.21. The van der Waals surface area contributed by atoms with Gasteiger partial charge in [0.2, 0.25) is 5.91 Å². The molecule has 0 radical (unpaired) electrons. The quantitative estimate of drug-likeness (QED) is 0.800. The van der Waals surface area contributed by atoms with Gasteiger partial charge in [0.25, 0.3) is 0 Å². The molecule has 1 aromatic heterocycles. The molecule has 0 aromatic carbocycles. The standard InChI is InChI=1S/C12H20N2OS/c1-4-9-5-6-10(16-9)11(12(13)15)14-7-8(2)3/h5-6,8,11,14H,4,7H2,1-3H3,(H2,13,15). The molecule has 1 unspecified atom stereocenters. The summed E-state index contributed by atoms with van der Waals surface area (Å²) in [6, 6.07) is 3.71. The number of thiophene rings is 1. The van der Waals surface area contributed by atoms with Crippen LogP contribution >= 0.6 is 11.3 Å². The van der Waals surface area contributed by atoms with Crippen molar-refractivity contribution in [1.29, 1.82) is 0 Å². The van der Waals surface area contributed by atoms with Gasteiger partial charge in [0, 0.05) is 9.75 Å². The summed E-state index contributed by atoms with van der Waals surface area (Å²) >= 11 is 1.66. The molecule has 1 amide bonds. The average Bonchev–Trinajstić information content (AvgIpc) is 2.65. The molecule has 0 spiro atoms. The van der Waals surface area contributed by atoms with Crippen LogP contribution in [-0.4, -0.2) is 12.5 Å². The second-order valence-electron chi connectivity index (χ2n) is 4.30. The lowest BCUT2D eigenvalue weighted by atomic mass is 10.1. The number of hydrogen-bond donors (Lipinski definition) is 2. The Morgan fingerprint density at radius 1 is 1.50 bits per heavy atom. The maximum Gasteiger partial charge on any atom is 0.239 e. The van der Waals surface area contributed by atoms with Crippen molar-refractivity contribution in [3.8, 4) is 0 Å². The SMILES string of the molecule is CCc1ccc(C(NCC(C)C)C(N)=O)s1. The molecule has 1 atom stereocenters. The fourth-order valence-corrected chi connectivity index (χ4v) is 2.47. The third-order valence-electron chi connectivity index (χ3n) is 2.33. The summed E-state index contributed by atoms with van der Waals surface area (Å²) in [5.41, 5.74) is 5.41. The van der Waals surface area contributed by atoms with E-state index in [9.17, 15) is 4.79 Å². The first-order valence-corrected chi connectivity index (χ1v) is 6.47. The molecule has 0 bridgehead atoms. The predicted molar refractivity (Wildman–Crippen MR) is 68.5 cm³/mol. The number of hydrogen-bond acceptors (Lipinski definition) is 3. The number of nitrogens with one attached hydrogen (secondary N) is 1. The van der Waals surface area contributed by atoms with Gasteiger partial charge >= 0.3 is 0 Å². The van der Waals surface area contributed by atoms with Gasteiger partial charge in [-0.1, -0.05) is 20.8 Å². The van der Waals surface area contributed by atoms with E-state index in [1.807, 2.05) is 6.07 Å². The van der Waals surface area contributed by atoms with E-state index in [1.165, 1.54) is 4.88 Å². The summed E-state index contributed by atoms with van der Waals surface area (Å²) in [7, 11) is 0. The maximum atomic E-state index is 11.4. The Bertz CT molecular complexity index is 347. The summed E-state index contributed by atoms with van der Waals surface area (Å²) in [4.78, 5) is 13.7. The minimum atomic E-state index is -0.340. The Balaban J connectivity index is 2.73. The zero-order chi connectivity index (χ0) is 12.1. The number of amides is 1. The highest BCUT2D eigenvalue weighted by Gasteiger charge is 2.19. The zero-order valence-electron chi connectivity index (χ0n) is 10.1. The fourth-order valence-electron chi connectivity index (χ4n) is 1.43. The highest BCUT2D eigenvalue weighted by atomic mass is 32.1. The van der Waals surface area contributed by atoms with Crippen molar-refractivity contribution in [3.05, 3.63) is 21.9 Å². The Hall–Kier alpha value is -0.870. The van der Waals surface area contributed by atoms with Crippen LogP contribution < -0.4 is 11.1 Å². The Morgan fingerprint density at radius 2 is 2.19 bits per heavy atom. The van der Waals surface area contributed by atoms with E-state index < -0.39 is 0 Å². The van der Waals surface area contributed by atoms with Crippen molar-refractivity contribution < 1.29 is 4.79 Å². The molecule has 1 rings (SSSR count). The Labute approximate surface area is 101 Å². The smallest absolute Gasteiger partial charge is 0.239 e. The zero-order valence-corrected chi connectivity index (χ0v) is 10.9. The van der Waals surface area contributed by atoms with Gasteiger partial charge in [-0.2, -0.15) is 0 Å². The van der Waals surface area contributed by atoms with Crippen molar-refractivity contribution in [1.82, 2.24) is 5.32 Å².